The highest BCUT2D eigenvalue weighted by atomic mass is 32.1. The van der Waals surface area contributed by atoms with Gasteiger partial charge in [-0.2, -0.15) is 0 Å². The van der Waals surface area contributed by atoms with Crippen LogP contribution in [0.1, 0.15) is 18.5 Å². The van der Waals surface area contributed by atoms with Crippen molar-refractivity contribution in [2.45, 2.75) is 13.0 Å². The van der Waals surface area contributed by atoms with Gasteiger partial charge in [0.25, 0.3) is 0 Å². The van der Waals surface area contributed by atoms with Crippen molar-refractivity contribution in [3.05, 3.63) is 53.7 Å². The van der Waals surface area contributed by atoms with E-state index in [1.54, 1.807) is 17.7 Å². The average Bonchev–Trinajstić information content (AvgIpc) is 2.89. The zero-order chi connectivity index (χ0) is 12.4. The third-order valence-corrected chi connectivity index (χ3v) is 3.81. The van der Waals surface area contributed by atoms with E-state index in [2.05, 4.69) is 34.3 Å². The molecule has 1 atom stereocenters. The SMILES string of the molecule is C[C@H](Nc1ncnc2ccsc12)c1ccccc1. The first-order chi connectivity index (χ1) is 8.84. The molecule has 0 amide bonds. The summed E-state index contributed by atoms with van der Waals surface area (Å²) in [5.41, 5.74) is 2.25. The molecule has 0 saturated carbocycles. The molecule has 0 fully saturated rings. The zero-order valence-electron chi connectivity index (χ0n) is 10.00. The van der Waals surface area contributed by atoms with E-state index in [1.165, 1.54) is 5.56 Å². The van der Waals surface area contributed by atoms with E-state index in [1.807, 2.05) is 29.6 Å². The maximum absolute atomic E-state index is 4.33. The van der Waals surface area contributed by atoms with Gasteiger partial charge in [0, 0.05) is 6.04 Å². The van der Waals surface area contributed by atoms with Crippen LogP contribution in [-0.4, -0.2) is 9.97 Å². The molecule has 0 unspecified atom stereocenters. The third kappa shape index (κ3) is 2.07. The Labute approximate surface area is 110 Å². The molecule has 0 aliphatic rings. The number of hydrogen-bond acceptors (Lipinski definition) is 4. The quantitative estimate of drug-likeness (QED) is 0.772. The number of fused-ring (bicyclic) bond motifs is 1. The normalized spacial score (nSPS) is 12.5. The molecule has 4 heteroatoms. The topological polar surface area (TPSA) is 37.8 Å². The van der Waals surface area contributed by atoms with Crippen LogP contribution < -0.4 is 5.32 Å². The minimum atomic E-state index is 0.228. The van der Waals surface area contributed by atoms with Crippen LogP contribution in [0.5, 0.6) is 0 Å². The van der Waals surface area contributed by atoms with Gasteiger partial charge in [0.15, 0.2) is 0 Å². The summed E-state index contributed by atoms with van der Waals surface area (Å²) in [6, 6.07) is 12.6. The molecule has 0 spiro atoms. The second-order valence-electron chi connectivity index (χ2n) is 4.13. The maximum Gasteiger partial charge on any atom is 0.147 e. The van der Waals surface area contributed by atoms with Crippen molar-refractivity contribution >= 4 is 27.4 Å². The lowest BCUT2D eigenvalue weighted by molar-refractivity contribution is 0.876. The van der Waals surface area contributed by atoms with Gasteiger partial charge in [-0.1, -0.05) is 30.3 Å². The lowest BCUT2D eigenvalue weighted by Crippen LogP contribution is -2.07. The Bertz CT molecular complexity index is 648. The van der Waals surface area contributed by atoms with Gasteiger partial charge in [-0.05, 0) is 23.9 Å². The Hall–Kier alpha value is -1.94. The Morgan fingerprint density at radius 2 is 1.94 bits per heavy atom. The van der Waals surface area contributed by atoms with Crippen LogP contribution >= 0.6 is 11.3 Å². The van der Waals surface area contributed by atoms with Gasteiger partial charge in [-0.3, -0.25) is 0 Å². The van der Waals surface area contributed by atoms with Crippen molar-refractivity contribution in [3.63, 3.8) is 0 Å². The Morgan fingerprint density at radius 1 is 1.11 bits per heavy atom. The molecule has 0 bridgehead atoms. The molecule has 2 heterocycles. The van der Waals surface area contributed by atoms with Crippen molar-refractivity contribution in [1.82, 2.24) is 9.97 Å². The van der Waals surface area contributed by atoms with Gasteiger partial charge in [0.2, 0.25) is 0 Å². The van der Waals surface area contributed by atoms with E-state index in [-0.39, 0.29) is 6.04 Å². The lowest BCUT2D eigenvalue weighted by Gasteiger charge is -2.15. The fraction of sp³-hybridized carbons (Fsp3) is 0.143. The first-order valence-corrected chi connectivity index (χ1v) is 6.72. The van der Waals surface area contributed by atoms with Gasteiger partial charge in [-0.15, -0.1) is 11.3 Å². The summed E-state index contributed by atoms with van der Waals surface area (Å²) in [5.74, 6) is 0.909. The van der Waals surface area contributed by atoms with Crippen molar-refractivity contribution in [1.29, 1.82) is 0 Å². The predicted molar refractivity (Wildman–Crippen MR) is 75.9 cm³/mol. The van der Waals surface area contributed by atoms with Crippen molar-refractivity contribution in [3.8, 4) is 0 Å². The zero-order valence-corrected chi connectivity index (χ0v) is 10.8. The van der Waals surface area contributed by atoms with E-state index in [4.69, 9.17) is 0 Å². The molecule has 3 nitrogen and oxygen atoms in total. The standard InChI is InChI=1S/C14H13N3S/c1-10(11-5-3-2-4-6-11)17-14-13-12(7-8-18-13)15-9-16-14/h2-10H,1H3,(H,15,16,17)/t10-/m0/s1. The van der Waals surface area contributed by atoms with E-state index >= 15 is 0 Å². The number of nitrogens with zero attached hydrogens (tertiary/aromatic N) is 2. The summed E-state index contributed by atoms with van der Waals surface area (Å²) in [6.45, 7) is 2.14. The first-order valence-electron chi connectivity index (χ1n) is 5.84. The van der Waals surface area contributed by atoms with E-state index in [9.17, 15) is 0 Å². The monoisotopic (exact) mass is 255 g/mol. The van der Waals surface area contributed by atoms with E-state index in [0.717, 1.165) is 16.0 Å². The van der Waals surface area contributed by atoms with Crippen LogP contribution in [0.3, 0.4) is 0 Å². The Kier molecular flexibility index (Phi) is 2.94. The molecule has 3 rings (SSSR count). The van der Waals surface area contributed by atoms with Crippen LogP contribution in [0, 0.1) is 0 Å². The second-order valence-corrected chi connectivity index (χ2v) is 5.05. The second kappa shape index (κ2) is 4.74. The molecule has 0 radical (unpaired) electrons. The maximum atomic E-state index is 4.33. The van der Waals surface area contributed by atoms with Gasteiger partial charge in [0.05, 0.1) is 10.2 Å². The molecule has 2 aromatic heterocycles. The summed E-state index contributed by atoms with van der Waals surface area (Å²) in [5, 5.41) is 5.49. The van der Waals surface area contributed by atoms with Crippen LogP contribution in [-0.2, 0) is 0 Å². The summed E-state index contributed by atoms with van der Waals surface area (Å²) in [7, 11) is 0. The Balaban J connectivity index is 1.91. The number of thiophene rings is 1. The molecular formula is C14H13N3S. The molecule has 90 valence electrons. The number of anilines is 1. The molecule has 18 heavy (non-hydrogen) atoms. The highest BCUT2D eigenvalue weighted by molar-refractivity contribution is 7.17. The minimum absolute atomic E-state index is 0.228. The average molecular weight is 255 g/mol. The lowest BCUT2D eigenvalue weighted by atomic mass is 10.1. The summed E-state index contributed by atoms with van der Waals surface area (Å²) in [4.78, 5) is 8.57. The van der Waals surface area contributed by atoms with Gasteiger partial charge in [0.1, 0.15) is 12.1 Å². The molecule has 0 saturated heterocycles. The largest absolute Gasteiger partial charge is 0.362 e. The third-order valence-electron chi connectivity index (χ3n) is 2.90. The number of nitrogens with one attached hydrogen (secondary N) is 1. The van der Waals surface area contributed by atoms with Crippen LogP contribution in [0.2, 0.25) is 0 Å². The molecule has 0 aliphatic heterocycles. The van der Waals surface area contributed by atoms with E-state index < -0.39 is 0 Å². The number of rotatable bonds is 3. The van der Waals surface area contributed by atoms with Crippen LogP contribution in [0.25, 0.3) is 10.2 Å². The molecule has 0 aliphatic carbocycles. The fourth-order valence-corrected chi connectivity index (χ4v) is 2.72. The highest BCUT2D eigenvalue weighted by Crippen LogP contribution is 2.27. The highest BCUT2D eigenvalue weighted by Gasteiger charge is 2.09. The Morgan fingerprint density at radius 3 is 2.78 bits per heavy atom. The molecular weight excluding hydrogens is 242 g/mol. The number of hydrogen-bond donors (Lipinski definition) is 1. The van der Waals surface area contributed by atoms with Crippen molar-refractivity contribution < 1.29 is 0 Å². The summed E-state index contributed by atoms with van der Waals surface area (Å²) in [6.07, 6.45) is 1.61. The van der Waals surface area contributed by atoms with Crippen LogP contribution in [0.15, 0.2) is 48.1 Å². The van der Waals surface area contributed by atoms with E-state index in [0.29, 0.717) is 0 Å². The summed E-state index contributed by atoms with van der Waals surface area (Å²) >= 11 is 1.66. The predicted octanol–water partition coefficient (Wildman–Crippen LogP) is 3.86. The van der Waals surface area contributed by atoms with Gasteiger partial charge < -0.3 is 5.32 Å². The van der Waals surface area contributed by atoms with Gasteiger partial charge in [-0.25, -0.2) is 9.97 Å². The molecule has 1 N–H and O–H groups in total. The van der Waals surface area contributed by atoms with Crippen LogP contribution in [0.4, 0.5) is 5.82 Å². The number of benzene rings is 1. The molecule has 3 aromatic rings. The fourth-order valence-electron chi connectivity index (χ4n) is 1.92. The number of aromatic nitrogens is 2. The van der Waals surface area contributed by atoms with Crippen molar-refractivity contribution in [2.75, 3.05) is 5.32 Å². The summed E-state index contributed by atoms with van der Waals surface area (Å²) < 4.78 is 1.11. The molecule has 1 aromatic carbocycles. The van der Waals surface area contributed by atoms with Crippen molar-refractivity contribution in [2.24, 2.45) is 0 Å². The first kappa shape index (κ1) is 11.2. The minimum Gasteiger partial charge on any atom is -0.362 e. The smallest absolute Gasteiger partial charge is 0.147 e. The van der Waals surface area contributed by atoms with Gasteiger partial charge >= 0.3 is 0 Å².